The monoisotopic (exact) mass is 302 g/mol. The molecule has 3 aliphatic rings. The van der Waals surface area contributed by atoms with Crippen LogP contribution in [0.2, 0.25) is 0 Å². The summed E-state index contributed by atoms with van der Waals surface area (Å²) in [6.07, 6.45) is 4.76. The summed E-state index contributed by atoms with van der Waals surface area (Å²) in [5.41, 5.74) is 1.11. The first-order chi connectivity index (χ1) is 10.7. The van der Waals surface area contributed by atoms with E-state index < -0.39 is 0 Å². The van der Waals surface area contributed by atoms with Gasteiger partial charge in [-0.15, -0.1) is 0 Å². The normalized spacial score (nSPS) is 31.7. The molecule has 4 rings (SSSR count). The Kier molecular flexibility index (Phi) is 3.65. The molecule has 1 aliphatic carbocycles. The topological polar surface area (TPSA) is 23.6 Å². The summed E-state index contributed by atoms with van der Waals surface area (Å²) < 4.78 is 13.0. The molecule has 1 aromatic rings. The van der Waals surface area contributed by atoms with Crippen molar-refractivity contribution in [2.75, 3.05) is 26.2 Å². The van der Waals surface area contributed by atoms with Gasteiger partial charge < -0.3 is 4.90 Å². The van der Waals surface area contributed by atoms with E-state index in [1.54, 1.807) is 0 Å². The first kappa shape index (κ1) is 14.2. The summed E-state index contributed by atoms with van der Waals surface area (Å²) in [5, 5.41) is 0. The third-order valence-corrected chi connectivity index (χ3v) is 5.55. The Hall–Kier alpha value is -1.42. The fraction of sp³-hybridized carbons (Fsp3) is 0.611. The summed E-state index contributed by atoms with van der Waals surface area (Å²) in [6, 6.07) is 7.22. The number of rotatable bonds is 2. The van der Waals surface area contributed by atoms with Crippen molar-refractivity contribution in [3.05, 3.63) is 35.6 Å². The van der Waals surface area contributed by atoms with Crippen LogP contribution in [0.5, 0.6) is 0 Å². The standard InChI is InChI=1S/C18H23FN2O/c19-14-6-4-13(5-7-14)16-11-17(16)18(22)21-10-9-20-8-2-1-3-15(20)12-21/h4-7,15-17H,1-3,8-12H2/t15-,16-,17+/m0/s1. The lowest BCUT2D eigenvalue weighted by molar-refractivity contribution is -0.136. The van der Waals surface area contributed by atoms with Gasteiger partial charge in [-0.1, -0.05) is 18.6 Å². The molecule has 0 aromatic heterocycles. The minimum absolute atomic E-state index is 0.126. The number of fused-ring (bicyclic) bond motifs is 1. The van der Waals surface area contributed by atoms with E-state index in [9.17, 15) is 9.18 Å². The number of carbonyl (C=O) groups is 1. The minimum Gasteiger partial charge on any atom is -0.340 e. The summed E-state index contributed by atoms with van der Waals surface area (Å²) in [6.45, 7) is 4.02. The van der Waals surface area contributed by atoms with E-state index in [1.165, 1.54) is 37.9 Å². The highest BCUT2D eigenvalue weighted by Gasteiger charge is 2.46. The number of piperazine rings is 1. The van der Waals surface area contributed by atoms with Gasteiger partial charge in [-0.05, 0) is 49.4 Å². The molecule has 118 valence electrons. The Bertz CT molecular complexity index is 559. The molecule has 0 unspecified atom stereocenters. The summed E-state index contributed by atoms with van der Waals surface area (Å²) in [7, 11) is 0. The molecule has 2 saturated heterocycles. The Morgan fingerprint density at radius 2 is 1.91 bits per heavy atom. The number of piperidine rings is 1. The molecule has 2 heterocycles. The second kappa shape index (κ2) is 5.65. The van der Waals surface area contributed by atoms with Gasteiger partial charge in [0.2, 0.25) is 5.91 Å². The molecular formula is C18H23FN2O. The van der Waals surface area contributed by atoms with Gasteiger partial charge in [-0.25, -0.2) is 4.39 Å². The van der Waals surface area contributed by atoms with Crippen molar-refractivity contribution >= 4 is 5.91 Å². The van der Waals surface area contributed by atoms with Crippen LogP contribution in [0, 0.1) is 11.7 Å². The Balaban J connectivity index is 1.38. The molecule has 0 bridgehead atoms. The molecule has 1 saturated carbocycles. The number of halogens is 1. The lowest BCUT2D eigenvalue weighted by Crippen LogP contribution is -2.56. The number of carbonyl (C=O) groups excluding carboxylic acids is 1. The number of hydrogen-bond acceptors (Lipinski definition) is 2. The van der Waals surface area contributed by atoms with Gasteiger partial charge in [-0.2, -0.15) is 0 Å². The fourth-order valence-electron chi connectivity index (χ4n) is 4.14. The number of hydrogen-bond donors (Lipinski definition) is 0. The van der Waals surface area contributed by atoms with Crippen LogP contribution in [0.1, 0.15) is 37.2 Å². The molecular weight excluding hydrogens is 279 g/mol. The zero-order chi connectivity index (χ0) is 15.1. The van der Waals surface area contributed by atoms with Crippen LogP contribution < -0.4 is 0 Å². The maximum absolute atomic E-state index is 13.0. The van der Waals surface area contributed by atoms with Crippen LogP contribution in [-0.2, 0) is 4.79 Å². The molecule has 3 nitrogen and oxygen atoms in total. The van der Waals surface area contributed by atoms with Crippen molar-refractivity contribution in [3.63, 3.8) is 0 Å². The molecule has 3 atom stereocenters. The highest BCUT2D eigenvalue weighted by molar-refractivity contribution is 5.83. The number of benzene rings is 1. The van der Waals surface area contributed by atoms with E-state index in [1.807, 2.05) is 12.1 Å². The molecule has 0 spiro atoms. The Morgan fingerprint density at radius 3 is 2.73 bits per heavy atom. The van der Waals surface area contributed by atoms with Crippen molar-refractivity contribution in [3.8, 4) is 0 Å². The minimum atomic E-state index is -0.208. The second-order valence-electron chi connectivity index (χ2n) is 6.97. The van der Waals surface area contributed by atoms with Crippen molar-refractivity contribution in [1.82, 2.24) is 9.80 Å². The van der Waals surface area contributed by atoms with E-state index in [0.717, 1.165) is 31.6 Å². The van der Waals surface area contributed by atoms with Gasteiger partial charge in [-0.3, -0.25) is 9.69 Å². The van der Waals surface area contributed by atoms with Crippen LogP contribution >= 0.6 is 0 Å². The lowest BCUT2D eigenvalue weighted by Gasteiger charge is -2.44. The maximum Gasteiger partial charge on any atom is 0.226 e. The quantitative estimate of drug-likeness (QED) is 0.838. The predicted molar refractivity (Wildman–Crippen MR) is 83.0 cm³/mol. The van der Waals surface area contributed by atoms with E-state index in [-0.39, 0.29) is 11.7 Å². The molecule has 0 N–H and O–H groups in total. The number of nitrogens with zero attached hydrogens (tertiary/aromatic N) is 2. The smallest absolute Gasteiger partial charge is 0.226 e. The molecule has 3 fully saturated rings. The summed E-state index contributed by atoms with van der Waals surface area (Å²) in [5.74, 6) is 0.540. The fourth-order valence-corrected chi connectivity index (χ4v) is 4.14. The van der Waals surface area contributed by atoms with Crippen LogP contribution in [-0.4, -0.2) is 47.9 Å². The largest absolute Gasteiger partial charge is 0.340 e. The van der Waals surface area contributed by atoms with E-state index in [2.05, 4.69) is 9.80 Å². The first-order valence-corrected chi connectivity index (χ1v) is 8.50. The number of amides is 1. The van der Waals surface area contributed by atoms with Gasteiger partial charge >= 0.3 is 0 Å². The third kappa shape index (κ3) is 2.65. The van der Waals surface area contributed by atoms with Crippen molar-refractivity contribution in [2.45, 2.75) is 37.6 Å². The molecule has 1 aromatic carbocycles. The van der Waals surface area contributed by atoms with Gasteiger partial charge in [0.25, 0.3) is 0 Å². The van der Waals surface area contributed by atoms with Crippen molar-refractivity contribution in [2.24, 2.45) is 5.92 Å². The predicted octanol–water partition coefficient (Wildman–Crippen LogP) is 2.63. The molecule has 0 radical (unpaired) electrons. The van der Waals surface area contributed by atoms with Crippen LogP contribution in [0.25, 0.3) is 0 Å². The average Bonchev–Trinajstić information content (AvgIpc) is 3.35. The van der Waals surface area contributed by atoms with Gasteiger partial charge in [0.05, 0.1) is 0 Å². The summed E-state index contributed by atoms with van der Waals surface area (Å²) >= 11 is 0. The van der Waals surface area contributed by atoms with Gasteiger partial charge in [0.15, 0.2) is 0 Å². The molecule has 2 aliphatic heterocycles. The van der Waals surface area contributed by atoms with Crippen LogP contribution in [0.3, 0.4) is 0 Å². The second-order valence-corrected chi connectivity index (χ2v) is 6.97. The highest BCUT2D eigenvalue weighted by atomic mass is 19.1. The molecule has 4 heteroatoms. The summed E-state index contributed by atoms with van der Waals surface area (Å²) in [4.78, 5) is 17.4. The first-order valence-electron chi connectivity index (χ1n) is 8.50. The van der Waals surface area contributed by atoms with E-state index in [0.29, 0.717) is 17.9 Å². The SMILES string of the molecule is O=C([C@@H]1C[C@H]1c1ccc(F)cc1)N1CCN2CCCC[C@H]2C1. The average molecular weight is 302 g/mol. The third-order valence-electron chi connectivity index (χ3n) is 5.55. The highest BCUT2D eigenvalue weighted by Crippen LogP contribution is 2.48. The van der Waals surface area contributed by atoms with Gasteiger partial charge in [0, 0.05) is 31.6 Å². The molecule has 22 heavy (non-hydrogen) atoms. The van der Waals surface area contributed by atoms with E-state index in [4.69, 9.17) is 0 Å². The van der Waals surface area contributed by atoms with Crippen LogP contribution in [0.15, 0.2) is 24.3 Å². The van der Waals surface area contributed by atoms with Crippen molar-refractivity contribution in [1.29, 1.82) is 0 Å². The Labute approximate surface area is 131 Å². The van der Waals surface area contributed by atoms with Crippen molar-refractivity contribution < 1.29 is 9.18 Å². The Morgan fingerprint density at radius 1 is 1.09 bits per heavy atom. The molecule has 1 amide bonds. The van der Waals surface area contributed by atoms with Gasteiger partial charge in [0.1, 0.15) is 5.82 Å². The zero-order valence-corrected chi connectivity index (χ0v) is 12.9. The van der Waals surface area contributed by atoms with Crippen LogP contribution in [0.4, 0.5) is 4.39 Å². The lowest BCUT2D eigenvalue weighted by atomic mass is 9.99. The zero-order valence-electron chi connectivity index (χ0n) is 12.9. The maximum atomic E-state index is 13.0. The van der Waals surface area contributed by atoms with E-state index >= 15 is 0 Å².